The second-order valence-corrected chi connectivity index (χ2v) is 6.44. The summed E-state index contributed by atoms with van der Waals surface area (Å²) in [6.07, 6.45) is 0.0187. The number of methoxy groups -OCH3 is 1. The topological polar surface area (TPSA) is 58.6 Å². The molecule has 0 bridgehead atoms. The van der Waals surface area contributed by atoms with E-state index < -0.39 is 6.10 Å². The van der Waals surface area contributed by atoms with Crippen LogP contribution in [-0.2, 0) is 4.79 Å². The number of halogens is 1. The first-order valence-corrected chi connectivity index (χ1v) is 8.32. The van der Waals surface area contributed by atoms with Crippen molar-refractivity contribution in [3.05, 3.63) is 64.7 Å². The lowest BCUT2D eigenvalue weighted by Crippen LogP contribution is -2.30. The molecular weight excluding hydrogens is 326 g/mol. The number of para-hydroxylation sites is 1. The summed E-state index contributed by atoms with van der Waals surface area (Å²) in [4.78, 5) is 12.3. The third-order valence-corrected chi connectivity index (χ3v) is 4.61. The van der Waals surface area contributed by atoms with Crippen molar-refractivity contribution in [3.8, 4) is 5.75 Å². The van der Waals surface area contributed by atoms with E-state index in [0.717, 1.165) is 12.0 Å². The molecule has 24 heavy (non-hydrogen) atoms. The van der Waals surface area contributed by atoms with Crippen LogP contribution in [0.25, 0.3) is 0 Å². The van der Waals surface area contributed by atoms with Gasteiger partial charge in [0.05, 0.1) is 13.2 Å². The predicted molar refractivity (Wildman–Crippen MR) is 93.3 cm³/mol. The van der Waals surface area contributed by atoms with Crippen molar-refractivity contribution < 1.29 is 14.6 Å². The molecule has 1 saturated carbocycles. The number of benzene rings is 2. The average molecular weight is 346 g/mol. The van der Waals surface area contributed by atoms with Crippen LogP contribution in [0.2, 0.25) is 5.02 Å². The standard InChI is InChI=1S/C19H20ClNO3/c1-24-18-8-3-2-7-14(18)17(22)11-21-19(23)16-10-15(16)12-5-4-6-13(20)9-12/h2-9,15-17,22H,10-11H2,1H3,(H,21,23)/t15-,16-,17+/m0/s1. The fraction of sp³-hybridized carbons (Fsp3) is 0.316. The van der Waals surface area contributed by atoms with E-state index in [1.165, 1.54) is 0 Å². The SMILES string of the molecule is COc1ccccc1[C@H](O)CNC(=O)[C@H]1C[C@H]1c1cccc(Cl)c1. The molecule has 0 radical (unpaired) electrons. The summed E-state index contributed by atoms with van der Waals surface area (Å²) in [6.45, 7) is 0.165. The molecule has 1 fully saturated rings. The van der Waals surface area contributed by atoms with Crippen LogP contribution in [0, 0.1) is 5.92 Å². The molecule has 2 aromatic rings. The van der Waals surface area contributed by atoms with Crippen LogP contribution < -0.4 is 10.1 Å². The Labute approximate surface area is 146 Å². The summed E-state index contributed by atoms with van der Waals surface area (Å²) >= 11 is 6.00. The average Bonchev–Trinajstić information content (AvgIpc) is 3.40. The molecular formula is C19H20ClNO3. The molecule has 1 aliphatic rings. The van der Waals surface area contributed by atoms with Crippen molar-refractivity contribution in [2.24, 2.45) is 5.92 Å². The Hall–Kier alpha value is -2.04. The van der Waals surface area contributed by atoms with Crippen molar-refractivity contribution in [3.63, 3.8) is 0 Å². The Kier molecular flexibility index (Phi) is 5.07. The number of carbonyl (C=O) groups excluding carboxylic acids is 1. The van der Waals surface area contributed by atoms with E-state index >= 15 is 0 Å². The maximum Gasteiger partial charge on any atom is 0.223 e. The van der Waals surface area contributed by atoms with Crippen LogP contribution in [-0.4, -0.2) is 24.7 Å². The first kappa shape index (κ1) is 16.8. The maximum atomic E-state index is 12.3. The van der Waals surface area contributed by atoms with Gasteiger partial charge in [-0.2, -0.15) is 0 Å². The number of aliphatic hydroxyl groups excluding tert-OH is 1. The number of amides is 1. The van der Waals surface area contributed by atoms with Crippen molar-refractivity contribution in [1.82, 2.24) is 5.32 Å². The minimum absolute atomic E-state index is 0.0334. The summed E-state index contributed by atoms with van der Waals surface area (Å²) in [5, 5.41) is 13.8. The smallest absolute Gasteiger partial charge is 0.223 e. The van der Waals surface area contributed by atoms with Gasteiger partial charge in [0, 0.05) is 23.0 Å². The van der Waals surface area contributed by atoms with Crippen LogP contribution in [0.1, 0.15) is 29.6 Å². The molecule has 0 unspecified atom stereocenters. The van der Waals surface area contributed by atoms with Gasteiger partial charge in [-0.15, -0.1) is 0 Å². The zero-order chi connectivity index (χ0) is 17.1. The van der Waals surface area contributed by atoms with Crippen LogP contribution in [0.4, 0.5) is 0 Å². The largest absolute Gasteiger partial charge is 0.496 e. The Bertz CT molecular complexity index is 734. The lowest BCUT2D eigenvalue weighted by molar-refractivity contribution is -0.122. The van der Waals surface area contributed by atoms with Crippen molar-refractivity contribution >= 4 is 17.5 Å². The molecule has 0 aromatic heterocycles. The first-order chi connectivity index (χ1) is 11.6. The molecule has 2 N–H and O–H groups in total. The van der Waals surface area contributed by atoms with Crippen LogP contribution in [0.15, 0.2) is 48.5 Å². The minimum atomic E-state index is -0.798. The van der Waals surface area contributed by atoms with Gasteiger partial charge in [0.25, 0.3) is 0 Å². The quantitative estimate of drug-likeness (QED) is 0.844. The summed E-state index contributed by atoms with van der Waals surface area (Å²) < 4.78 is 5.23. The van der Waals surface area contributed by atoms with Crippen LogP contribution in [0.3, 0.4) is 0 Å². The Balaban J connectivity index is 1.55. The highest BCUT2D eigenvalue weighted by molar-refractivity contribution is 6.30. The van der Waals surface area contributed by atoms with Gasteiger partial charge in [-0.25, -0.2) is 0 Å². The highest BCUT2D eigenvalue weighted by Crippen LogP contribution is 2.48. The molecule has 0 heterocycles. The zero-order valence-electron chi connectivity index (χ0n) is 13.4. The van der Waals surface area contributed by atoms with E-state index in [2.05, 4.69) is 5.32 Å². The van der Waals surface area contributed by atoms with Crippen molar-refractivity contribution in [1.29, 1.82) is 0 Å². The van der Waals surface area contributed by atoms with Gasteiger partial charge in [0.15, 0.2) is 0 Å². The Morgan fingerprint density at radius 1 is 1.33 bits per heavy atom. The number of ether oxygens (including phenoxy) is 1. The summed E-state index contributed by atoms with van der Waals surface area (Å²) in [5.74, 6) is 0.747. The maximum absolute atomic E-state index is 12.3. The number of hydrogen-bond donors (Lipinski definition) is 2. The molecule has 0 aliphatic heterocycles. The van der Waals surface area contributed by atoms with Gasteiger partial charge in [-0.05, 0) is 36.1 Å². The summed E-state index contributed by atoms with van der Waals surface area (Å²) in [6, 6.07) is 14.9. The zero-order valence-corrected chi connectivity index (χ0v) is 14.2. The first-order valence-electron chi connectivity index (χ1n) is 7.94. The molecule has 1 aliphatic carbocycles. The lowest BCUT2D eigenvalue weighted by Gasteiger charge is -2.15. The van der Waals surface area contributed by atoms with E-state index in [9.17, 15) is 9.90 Å². The molecule has 4 nitrogen and oxygen atoms in total. The fourth-order valence-corrected chi connectivity index (χ4v) is 3.17. The van der Waals surface area contributed by atoms with E-state index in [1.54, 1.807) is 19.2 Å². The van der Waals surface area contributed by atoms with E-state index in [0.29, 0.717) is 16.3 Å². The van der Waals surface area contributed by atoms with E-state index in [4.69, 9.17) is 16.3 Å². The monoisotopic (exact) mass is 345 g/mol. The second-order valence-electron chi connectivity index (χ2n) is 6.01. The molecule has 3 rings (SSSR count). The third-order valence-electron chi connectivity index (χ3n) is 4.37. The molecule has 2 aromatic carbocycles. The molecule has 5 heteroatoms. The van der Waals surface area contributed by atoms with E-state index in [-0.39, 0.29) is 24.3 Å². The predicted octanol–water partition coefficient (Wildman–Crippen LogP) is 3.30. The highest BCUT2D eigenvalue weighted by atomic mass is 35.5. The number of carbonyl (C=O) groups is 1. The van der Waals surface area contributed by atoms with Gasteiger partial charge in [0.1, 0.15) is 5.75 Å². The van der Waals surface area contributed by atoms with Gasteiger partial charge in [-0.3, -0.25) is 4.79 Å². The van der Waals surface area contributed by atoms with Crippen molar-refractivity contribution in [2.45, 2.75) is 18.4 Å². The lowest BCUT2D eigenvalue weighted by atomic mass is 10.1. The van der Waals surface area contributed by atoms with Crippen molar-refractivity contribution in [2.75, 3.05) is 13.7 Å². The minimum Gasteiger partial charge on any atom is -0.496 e. The Morgan fingerprint density at radius 3 is 2.88 bits per heavy atom. The van der Waals surface area contributed by atoms with Gasteiger partial charge in [0.2, 0.25) is 5.91 Å². The number of aliphatic hydroxyl groups is 1. The van der Waals surface area contributed by atoms with Gasteiger partial charge >= 0.3 is 0 Å². The highest BCUT2D eigenvalue weighted by Gasteiger charge is 2.43. The van der Waals surface area contributed by atoms with Gasteiger partial charge < -0.3 is 15.2 Å². The molecule has 0 saturated heterocycles. The molecule has 0 spiro atoms. The van der Waals surface area contributed by atoms with Crippen LogP contribution >= 0.6 is 11.6 Å². The second kappa shape index (κ2) is 7.24. The third kappa shape index (κ3) is 3.71. The number of rotatable bonds is 6. The normalized spacial score (nSPS) is 20.3. The molecule has 1 amide bonds. The van der Waals surface area contributed by atoms with Crippen LogP contribution in [0.5, 0.6) is 5.75 Å². The fourth-order valence-electron chi connectivity index (χ4n) is 2.97. The Morgan fingerprint density at radius 2 is 2.12 bits per heavy atom. The number of hydrogen-bond acceptors (Lipinski definition) is 3. The molecule has 3 atom stereocenters. The van der Waals surface area contributed by atoms with E-state index in [1.807, 2.05) is 36.4 Å². The number of nitrogens with one attached hydrogen (secondary N) is 1. The van der Waals surface area contributed by atoms with Gasteiger partial charge in [-0.1, -0.05) is 41.9 Å². The summed E-state index contributed by atoms with van der Waals surface area (Å²) in [5.41, 5.74) is 1.76. The molecule has 126 valence electrons. The summed E-state index contributed by atoms with van der Waals surface area (Å²) in [7, 11) is 1.56.